The molecule has 4 aliphatic rings. The number of likely N-dealkylation sites (tertiary alicyclic amines) is 1. The van der Waals surface area contributed by atoms with Crippen LogP contribution in [0, 0.1) is 35.5 Å². The van der Waals surface area contributed by atoms with Crippen LogP contribution in [0.3, 0.4) is 0 Å². The number of hydrogen-bond acceptors (Lipinski definition) is 14. The van der Waals surface area contributed by atoms with Gasteiger partial charge in [0.05, 0.1) is 31.7 Å². The van der Waals surface area contributed by atoms with Crippen molar-refractivity contribution in [1.82, 2.24) is 60.5 Å². The number of unbranched alkanes of at least 4 members (excludes halogenated alkanes) is 1. The van der Waals surface area contributed by atoms with E-state index >= 15 is 28.8 Å². The van der Waals surface area contributed by atoms with Gasteiger partial charge in [-0.2, -0.15) is 0 Å². The number of carbonyl (C=O) groups is 12. The zero-order valence-electron chi connectivity index (χ0n) is 63.3. The summed E-state index contributed by atoms with van der Waals surface area (Å²) in [6.07, 6.45) is 8.01. The zero-order chi connectivity index (χ0) is 74.3. The average Bonchev–Trinajstić information content (AvgIpc) is 0.827. The number of nitrogens with zero attached hydrogens (tertiary/aromatic N) is 8. The summed E-state index contributed by atoms with van der Waals surface area (Å²) in [5.41, 5.74) is 0. The average molecular weight is 1400 g/mol. The first-order valence-corrected chi connectivity index (χ1v) is 37.2. The molecule has 2 saturated carbocycles. The molecule has 99 heavy (non-hydrogen) atoms. The minimum atomic E-state index is -1.62. The minimum absolute atomic E-state index is 0.0179. The molecular weight excluding hydrogens is 1270 g/mol. The molecule has 0 spiro atoms. The lowest BCUT2D eigenvalue weighted by molar-refractivity contribution is -0.152. The summed E-state index contributed by atoms with van der Waals surface area (Å²) in [5.74, 6) is -8.72. The second-order valence-corrected chi connectivity index (χ2v) is 30.9. The van der Waals surface area contributed by atoms with E-state index in [-0.39, 0.29) is 87.0 Å². The van der Waals surface area contributed by atoms with E-state index in [4.69, 9.17) is 0 Å². The monoisotopic (exact) mass is 1400 g/mol. The first-order chi connectivity index (χ1) is 46.5. The van der Waals surface area contributed by atoms with Crippen molar-refractivity contribution in [2.24, 2.45) is 35.5 Å². The van der Waals surface area contributed by atoms with Crippen LogP contribution in [-0.4, -0.2) is 262 Å². The number of aliphatic hydroxyl groups excluding tert-OH is 2. The predicted octanol–water partition coefficient (Wildman–Crippen LogP) is 4.45. The lowest BCUT2D eigenvalue weighted by Crippen LogP contribution is -2.61. The number of likely N-dealkylation sites (N-methyl/N-ethyl adjacent to an activating group) is 6. The van der Waals surface area contributed by atoms with Gasteiger partial charge in [-0.05, 0) is 139 Å². The molecule has 0 aromatic carbocycles. The fourth-order valence-corrected chi connectivity index (χ4v) is 14.4. The molecule has 4 fully saturated rings. The molecule has 10 atom stereocenters. The van der Waals surface area contributed by atoms with Gasteiger partial charge in [-0.3, -0.25) is 57.5 Å². The summed E-state index contributed by atoms with van der Waals surface area (Å²) in [7, 11) is 8.68. The van der Waals surface area contributed by atoms with Gasteiger partial charge in [-0.15, -0.1) is 0 Å². The Labute approximate surface area is 591 Å². The number of piperidine rings is 1. The van der Waals surface area contributed by atoms with Gasteiger partial charge in [0.25, 0.3) is 0 Å². The first kappa shape index (κ1) is 85.0. The number of amides is 12. The maximum Gasteiger partial charge on any atom is 0.248 e. The van der Waals surface area contributed by atoms with Gasteiger partial charge in [0, 0.05) is 61.9 Å². The Balaban J connectivity index is 1.94. The van der Waals surface area contributed by atoms with E-state index in [2.05, 4.69) is 21.3 Å². The highest BCUT2D eigenvalue weighted by atomic mass is 16.3. The second-order valence-electron chi connectivity index (χ2n) is 30.9. The van der Waals surface area contributed by atoms with Crippen LogP contribution >= 0.6 is 0 Å². The van der Waals surface area contributed by atoms with Gasteiger partial charge in [0.15, 0.2) is 0 Å². The molecule has 564 valence electrons. The van der Waals surface area contributed by atoms with E-state index in [0.717, 1.165) is 43.4 Å². The van der Waals surface area contributed by atoms with Crippen molar-refractivity contribution in [2.45, 2.75) is 284 Å². The molecule has 2 saturated heterocycles. The van der Waals surface area contributed by atoms with Crippen LogP contribution in [0.5, 0.6) is 0 Å². The molecule has 0 aromatic rings. The molecule has 0 radical (unpaired) electrons. The molecular formula is C73H128N12O14. The summed E-state index contributed by atoms with van der Waals surface area (Å²) in [4.78, 5) is 190. The quantitative estimate of drug-likeness (QED) is 0.111. The lowest BCUT2D eigenvalue weighted by Gasteiger charge is -2.38. The second kappa shape index (κ2) is 40.9. The summed E-state index contributed by atoms with van der Waals surface area (Å²) < 4.78 is 0. The lowest BCUT2D eigenvalue weighted by atomic mass is 9.83. The topological polar surface area (TPSA) is 319 Å². The van der Waals surface area contributed by atoms with Crippen molar-refractivity contribution in [3.05, 3.63) is 0 Å². The van der Waals surface area contributed by atoms with Crippen LogP contribution in [0.4, 0.5) is 0 Å². The maximum atomic E-state index is 15.5. The molecule has 26 nitrogen and oxygen atoms in total. The van der Waals surface area contributed by atoms with Crippen LogP contribution in [0.25, 0.3) is 0 Å². The van der Waals surface area contributed by atoms with Crippen LogP contribution in [0.15, 0.2) is 0 Å². The summed E-state index contributed by atoms with van der Waals surface area (Å²) in [5, 5.41) is 33.4. The van der Waals surface area contributed by atoms with Crippen molar-refractivity contribution >= 4 is 70.9 Å². The van der Waals surface area contributed by atoms with Crippen molar-refractivity contribution in [1.29, 1.82) is 0 Å². The van der Waals surface area contributed by atoms with E-state index in [1.54, 1.807) is 11.8 Å². The standard InChI is InChI=1S/C73H128N12O14/c1-18-20-33-85-44-63(90)80(14)60(41-50-27-23-21-24-28-50)72(98)83(17)59(39-48(9)10)68(94)74-53(36-45(3)4)69(95)82(16)58(38-47(7)8)67(93)76-55(71(97)84-34-25-22-26-35-84)42-61(88)78(12)43-62(89)79(13)57(37-46(5)6)66(92)75-54(40-51-29-31-52(87)32-30-51)70(96)81(15)56(19-2)65(91)77-64(49(11)86)73(85)99/h45-60,64,86-87H,18-44H2,1-17H3,(H,74,94)(H,75,92)(H,76,93)(H,77,91)/t49-,51?,52?,53+,54+,55+,56+,57+,58+,59+,60+,64+/m1/s1. The molecule has 4 rings (SSSR count). The highest BCUT2D eigenvalue weighted by Crippen LogP contribution is 2.32. The Morgan fingerprint density at radius 1 is 0.465 bits per heavy atom. The van der Waals surface area contributed by atoms with Gasteiger partial charge in [0.1, 0.15) is 54.4 Å². The molecule has 0 aromatic heterocycles. The minimum Gasteiger partial charge on any atom is -0.393 e. The van der Waals surface area contributed by atoms with Crippen LogP contribution in [-0.2, 0) is 57.5 Å². The van der Waals surface area contributed by atoms with Crippen molar-refractivity contribution < 1.29 is 67.7 Å². The Morgan fingerprint density at radius 2 is 0.909 bits per heavy atom. The number of hydrogen-bond donors (Lipinski definition) is 6. The molecule has 6 N–H and O–H groups in total. The third-order valence-corrected chi connectivity index (χ3v) is 20.7. The normalized spacial score (nSPS) is 28.1. The SMILES string of the molecule is CCCCN1CC(=O)N(C)[C@@H](CC2CCCCC2)C(=O)N(C)[C@@H](CC(C)C)C(=O)N[C@@H](CC(C)C)C(=O)N(C)[C@@H](CC(C)C)C(=O)N[C@H](C(=O)N2CCCCC2)CC(=O)N(C)CC(=O)N(C)[C@@H](CC(C)C)C(=O)N[C@@H](CC2CCC(O)CC2)C(=O)N(C)[C@@H](CC)C(=O)N[C@@H]([C@@H](C)O)C1=O. The Morgan fingerprint density at radius 3 is 1.42 bits per heavy atom. The van der Waals surface area contributed by atoms with E-state index in [1.165, 1.54) is 78.6 Å². The molecule has 26 heteroatoms. The predicted molar refractivity (Wildman–Crippen MR) is 378 cm³/mol. The molecule has 2 aliphatic heterocycles. The summed E-state index contributed by atoms with van der Waals surface area (Å²) in [6, 6.07) is -11.5. The fourth-order valence-electron chi connectivity index (χ4n) is 14.4. The molecule has 2 aliphatic carbocycles. The van der Waals surface area contributed by atoms with Crippen molar-refractivity contribution in [3.63, 3.8) is 0 Å². The van der Waals surface area contributed by atoms with Gasteiger partial charge >= 0.3 is 0 Å². The molecule has 0 bridgehead atoms. The van der Waals surface area contributed by atoms with Crippen molar-refractivity contribution in [3.8, 4) is 0 Å². The summed E-state index contributed by atoms with van der Waals surface area (Å²) in [6.45, 7) is 19.6. The fraction of sp³-hybridized carbons (Fsp3) is 0.836. The van der Waals surface area contributed by atoms with E-state index < -0.39 is 157 Å². The van der Waals surface area contributed by atoms with Gasteiger partial charge in [-0.25, -0.2) is 0 Å². The number of nitrogens with one attached hydrogen (secondary N) is 4. The largest absolute Gasteiger partial charge is 0.393 e. The van der Waals surface area contributed by atoms with Crippen molar-refractivity contribution in [2.75, 3.05) is 75.0 Å². The maximum absolute atomic E-state index is 15.5. The molecule has 0 unspecified atom stereocenters. The number of rotatable bonds is 18. The highest BCUT2D eigenvalue weighted by molar-refractivity contribution is 5.99. The number of carbonyl (C=O) groups excluding carboxylic acids is 12. The van der Waals surface area contributed by atoms with E-state index in [1.807, 2.05) is 62.3 Å². The van der Waals surface area contributed by atoms with E-state index in [9.17, 15) is 39.0 Å². The van der Waals surface area contributed by atoms with Crippen LogP contribution in [0.1, 0.15) is 217 Å². The highest BCUT2D eigenvalue weighted by Gasteiger charge is 2.44. The first-order valence-electron chi connectivity index (χ1n) is 37.2. The number of aliphatic hydroxyl groups is 2. The third kappa shape index (κ3) is 25.5. The van der Waals surface area contributed by atoms with Gasteiger partial charge in [-0.1, -0.05) is 108 Å². The molecule has 12 amide bonds. The Kier molecular flexibility index (Phi) is 35.1. The Hall–Kier alpha value is -6.44. The van der Waals surface area contributed by atoms with Gasteiger partial charge in [0.2, 0.25) is 70.9 Å². The van der Waals surface area contributed by atoms with Gasteiger partial charge < -0.3 is 70.7 Å². The smallest absolute Gasteiger partial charge is 0.248 e. The zero-order valence-corrected chi connectivity index (χ0v) is 63.3. The van der Waals surface area contributed by atoms with Crippen LogP contribution in [0.2, 0.25) is 0 Å². The van der Waals surface area contributed by atoms with Crippen LogP contribution < -0.4 is 21.3 Å². The third-order valence-electron chi connectivity index (χ3n) is 20.7. The Bertz CT molecular complexity index is 2690. The summed E-state index contributed by atoms with van der Waals surface area (Å²) >= 11 is 0. The molecule has 2 heterocycles. The van der Waals surface area contributed by atoms with E-state index in [0.29, 0.717) is 64.5 Å².